The van der Waals surface area contributed by atoms with Crippen LogP contribution in [0.3, 0.4) is 0 Å². The Morgan fingerprint density at radius 1 is 0.500 bits per heavy atom. The van der Waals surface area contributed by atoms with E-state index in [1.54, 1.807) is 0 Å². The average molecular weight is 535 g/mol. The molecule has 0 aliphatic carbocycles. The molecule has 36 heavy (non-hydrogen) atoms. The maximum absolute atomic E-state index is 13.9. The molecule has 0 fully saturated rings. The Kier molecular flexibility index (Phi) is 9.60. The second kappa shape index (κ2) is 11.9. The van der Waals surface area contributed by atoms with E-state index in [9.17, 15) is 9.13 Å². The van der Waals surface area contributed by atoms with Crippen LogP contribution >= 0.6 is 15.2 Å². The highest BCUT2D eigenvalue weighted by Gasteiger charge is 2.33. The molecule has 3 aromatic rings. The van der Waals surface area contributed by atoms with Crippen LogP contribution in [0, 0.1) is 0 Å². The van der Waals surface area contributed by atoms with Gasteiger partial charge in [0.15, 0.2) is 0 Å². The van der Waals surface area contributed by atoms with Crippen LogP contribution in [0.5, 0.6) is 0 Å². The van der Waals surface area contributed by atoms with Crippen LogP contribution in [-0.4, -0.2) is 24.4 Å². The lowest BCUT2D eigenvalue weighted by Crippen LogP contribution is -2.11. The third-order valence-corrected chi connectivity index (χ3v) is 9.72. The quantitative estimate of drug-likeness (QED) is 0.170. The molecule has 0 heterocycles. The Balaban J connectivity index is 2.27. The van der Waals surface area contributed by atoms with Gasteiger partial charge in [-0.05, 0) is 88.1 Å². The van der Waals surface area contributed by atoms with Gasteiger partial charge in [-0.25, -0.2) is 0 Å². The second-order valence-corrected chi connectivity index (χ2v) is 14.1. The van der Waals surface area contributed by atoms with Gasteiger partial charge >= 0.3 is 15.2 Å². The van der Waals surface area contributed by atoms with Gasteiger partial charge < -0.3 is 18.1 Å². The molecule has 8 heteroatoms. The first kappa shape index (κ1) is 29.0. The predicted octanol–water partition coefficient (Wildman–Crippen LogP) is 9.08. The van der Waals surface area contributed by atoms with Crippen molar-refractivity contribution < 1.29 is 27.2 Å². The molecule has 198 valence electrons. The molecule has 0 atom stereocenters. The predicted molar refractivity (Wildman–Crippen MR) is 149 cm³/mol. The fraction of sp³-hybridized carbons (Fsp3) is 0.500. The van der Waals surface area contributed by atoms with Crippen LogP contribution in [-0.2, 0) is 39.5 Å². The SMILES string of the molecule is CC(C)OP(=O)(Cc1c2ccccc2c(CP(=O)(OC(C)C)OC(C)C)c2ccccc12)OC(C)C. The third-order valence-electron chi connectivity index (χ3n) is 5.34. The van der Waals surface area contributed by atoms with Crippen molar-refractivity contribution in [3.8, 4) is 0 Å². The van der Waals surface area contributed by atoms with Crippen LogP contribution in [0.2, 0.25) is 0 Å². The fourth-order valence-corrected chi connectivity index (χ4v) is 8.94. The van der Waals surface area contributed by atoms with Gasteiger partial charge in [0.1, 0.15) is 0 Å². The standard InChI is InChI=1S/C28H40O6P2/c1-19(2)31-35(29,32-20(3)4)17-27-23-13-9-11-15-25(23)28(26-16-12-10-14-24(26)27)18-36(30,33-21(5)6)34-22(7)8/h9-16,19-22H,17-18H2,1-8H3. The van der Waals surface area contributed by atoms with Gasteiger partial charge in [0, 0.05) is 0 Å². The van der Waals surface area contributed by atoms with Crippen molar-refractivity contribution in [1.29, 1.82) is 0 Å². The summed E-state index contributed by atoms with van der Waals surface area (Å²) >= 11 is 0. The molecule has 3 rings (SSSR count). The summed E-state index contributed by atoms with van der Waals surface area (Å²) in [5.41, 5.74) is 1.78. The minimum Gasteiger partial charge on any atom is -0.306 e. The summed E-state index contributed by atoms with van der Waals surface area (Å²) < 4.78 is 51.4. The van der Waals surface area contributed by atoms with Crippen LogP contribution in [0.1, 0.15) is 66.5 Å². The number of hydrogen-bond donors (Lipinski definition) is 0. The van der Waals surface area contributed by atoms with E-state index in [0.717, 1.165) is 32.7 Å². The highest BCUT2D eigenvalue weighted by molar-refractivity contribution is 7.53. The first-order valence-corrected chi connectivity index (χ1v) is 16.1. The van der Waals surface area contributed by atoms with Crippen LogP contribution < -0.4 is 0 Å². The van der Waals surface area contributed by atoms with Gasteiger partial charge in [0.2, 0.25) is 0 Å². The first-order chi connectivity index (χ1) is 16.8. The Morgan fingerprint density at radius 2 is 0.722 bits per heavy atom. The van der Waals surface area contributed by atoms with E-state index in [4.69, 9.17) is 18.1 Å². The van der Waals surface area contributed by atoms with E-state index in [1.807, 2.05) is 104 Å². The Labute approximate surface area is 215 Å². The minimum atomic E-state index is -3.46. The van der Waals surface area contributed by atoms with Crippen LogP contribution in [0.25, 0.3) is 21.5 Å². The van der Waals surface area contributed by atoms with Crippen LogP contribution in [0.15, 0.2) is 48.5 Å². The molecule has 6 nitrogen and oxygen atoms in total. The Bertz CT molecular complexity index is 1100. The number of fused-ring (bicyclic) bond motifs is 2. The summed E-state index contributed by atoms with van der Waals surface area (Å²) in [6.07, 6.45) is -0.741. The maximum Gasteiger partial charge on any atom is 0.335 e. The van der Waals surface area contributed by atoms with Crippen molar-refractivity contribution in [1.82, 2.24) is 0 Å². The zero-order valence-corrected chi connectivity index (χ0v) is 24.5. The average Bonchev–Trinajstić information content (AvgIpc) is 2.73. The molecule has 0 saturated heterocycles. The molecule has 0 N–H and O–H groups in total. The van der Waals surface area contributed by atoms with Crippen molar-refractivity contribution in [3.05, 3.63) is 59.7 Å². The molecule has 3 aromatic carbocycles. The molecule has 0 unspecified atom stereocenters. The van der Waals surface area contributed by atoms with Crippen molar-refractivity contribution in [2.24, 2.45) is 0 Å². The summed E-state index contributed by atoms with van der Waals surface area (Å²) in [7, 11) is -6.92. The lowest BCUT2D eigenvalue weighted by molar-refractivity contribution is 0.140. The van der Waals surface area contributed by atoms with Gasteiger partial charge in [0.05, 0.1) is 36.7 Å². The molecule has 0 saturated carbocycles. The molecule has 0 amide bonds. The molecule has 0 aliphatic rings. The zero-order chi connectivity index (χ0) is 26.7. The lowest BCUT2D eigenvalue weighted by Gasteiger charge is -2.26. The van der Waals surface area contributed by atoms with Crippen molar-refractivity contribution in [3.63, 3.8) is 0 Å². The summed E-state index contributed by atoms with van der Waals surface area (Å²) in [5.74, 6) is 0. The van der Waals surface area contributed by atoms with Crippen LogP contribution in [0.4, 0.5) is 0 Å². The minimum absolute atomic E-state index is 0.132. The number of rotatable bonds is 12. The molecule has 0 aromatic heterocycles. The molecular weight excluding hydrogens is 494 g/mol. The summed E-state index contributed by atoms with van der Waals surface area (Å²) in [4.78, 5) is 0. The fourth-order valence-electron chi connectivity index (χ4n) is 4.52. The molecule has 0 spiro atoms. The topological polar surface area (TPSA) is 71.1 Å². The summed E-state index contributed by atoms with van der Waals surface area (Å²) in [6.45, 7) is 14.9. The molecule has 0 aliphatic heterocycles. The second-order valence-electron chi connectivity index (χ2n) is 10.2. The molecule has 0 bridgehead atoms. The van der Waals surface area contributed by atoms with E-state index in [2.05, 4.69) is 0 Å². The normalized spacial score (nSPS) is 13.2. The Morgan fingerprint density at radius 3 is 0.917 bits per heavy atom. The van der Waals surface area contributed by atoms with Gasteiger partial charge in [-0.15, -0.1) is 0 Å². The van der Waals surface area contributed by atoms with E-state index in [-0.39, 0.29) is 36.7 Å². The monoisotopic (exact) mass is 534 g/mol. The summed E-state index contributed by atoms with van der Waals surface area (Å²) in [5, 5.41) is 3.69. The van der Waals surface area contributed by atoms with Gasteiger partial charge in [0.25, 0.3) is 0 Å². The van der Waals surface area contributed by atoms with E-state index < -0.39 is 15.2 Å². The van der Waals surface area contributed by atoms with Crippen molar-refractivity contribution in [2.45, 2.75) is 92.1 Å². The number of hydrogen-bond acceptors (Lipinski definition) is 6. The smallest absolute Gasteiger partial charge is 0.306 e. The maximum atomic E-state index is 13.9. The lowest BCUT2D eigenvalue weighted by atomic mass is 9.93. The molecule has 0 radical (unpaired) electrons. The third kappa shape index (κ3) is 7.28. The first-order valence-electron chi connectivity index (χ1n) is 12.7. The van der Waals surface area contributed by atoms with Gasteiger partial charge in [-0.3, -0.25) is 9.13 Å². The van der Waals surface area contributed by atoms with Crippen molar-refractivity contribution in [2.75, 3.05) is 0 Å². The van der Waals surface area contributed by atoms with E-state index in [0.29, 0.717) is 0 Å². The number of benzene rings is 3. The van der Waals surface area contributed by atoms with Gasteiger partial charge in [-0.2, -0.15) is 0 Å². The molecular formula is C28H40O6P2. The van der Waals surface area contributed by atoms with Crippen molar-refractivity contribution >= 4 is 36.7 Å². The Hall–Kier alpha value is -1.52. The highest BCUT2D eigenvalue weighted by Crippen LogP contribution is 2.58. The summed E-state index contributed by atoms with van der Waals surface area (Å²) in [6, 6.07) is 15.8. The zero-order valence-electron chi connectivity index (χ0n) is 22.7. The highest BCUT2D eigenvalue weighted by atomic mass is 31.2. The largest absolute Gasteiger partial charge is 0.335 e. The van der Waals surface area contributed by atoms with E-state index >= 15 is 0 Å². The van der Waals surface area contributed by atoms with Gasteiger partial charge in [-0.1, -0.05) is 48.5 Å². The van der Waals surface area contributed by atoms with E-state index in [1.165, 1.54) is 0 Å².